The number of anilines is 3. The molecule has 2 fully saturated rings. The third kappa shape index (κ3) is 6.71. The highest BCUT2D eigenvalue weighted by Gasteiger charge is 2.67. The molecule has 1 saturated carbocycles. The van der Waals surface area contributed by atoms with Crippen LogP contribution in [-0.4, -0.2) is 34.8 Å². The quantitative estimate of drug-likeness (QED) is 0.175. The van der Waals surface area contributed by atoms with Gasteiger partial charge in [0.15, 0.2) is 5.82 Å². The predicted molar refractivity (Wildman–Crippen MR) is 154 cm³/mol. The van der Waals surface area contributed by atoms with E-state index in [0.717, 1.165) is 24.3 Å². The van der Waals surface area contributed by atoms with Crippen LogP contribution in [0.2, 0.25) is 5.02 Å². The van der Waals surface area contributed by atoms with Crippen LogP contribution in [0.4, 0.5) is 43.4 Å². The Kier molecular flexibility index (Phi) is 9.02. The number of rotatable bonds is 7. The molecule has 45 heavy (non-hydrogen) atoms. The number of alkyl halides is 5. The molecule has 1 aliphatic heterocycles. The fourth-order valence-electron chi connectivity index (χ4n) is 4.96. The molecule has 7 nitrogen and oxygen atoms in total. The first kappa shape index (κ1) is 32.9. The molecule has 3 aromatic carbocycles. The maximum absolute atomic E-state index is 15.2. The highest BCUT2D eigenvalue weighted by atomic mass is 35.5. The van der Waals surface area contributed by atoms with Crippen molar-refractivity contribution >= 4 is 69.6 Å². The SMILES string of the molecule is O=C(Nc1ccc(F)c(NC(=O)[C@@H]2CCCO2)c1F)c1cc(NC(=O)[C@H]2[C@H](c3ccc(F)c(C(F)(F)F)c3)C2(Cl)Cl)ccc1Cl. The smallest absolute Gasteiger partial charge is 0.368 e. The van der Waals surface area contributed by atoms with E-state index in [4.69, 9.17) is 39.5 Å². The normalized spacial score (nSPS) is 20.4. The lowest BCUT2D eigenvalue weighted by Crippen LogP contribution is -2.28. The fraction of sp³-hybridized carbons (Fsp3) is 0.276. The lowest BCUT2D eigenvalue weighted by Gasteiger charge is -2.15. The maximum atomic E-state index is 15.2. The van der Waals surface area contributed by atoms with Gasteiger partial charge >= 0.3 is 6.18 Å². The van der Waals surface area contributed by atoms with Crippen LogP contribution >= 0.6 is 34.8 Å². The monoisotopic (exact) mass is 693 g/mol. The largest absolute Gasteiger partial charge is 0.419 e. The zero-order chi connectivity index (χ0) is 32.8. The molecule has 2 aliphatic rings. The summed E-state index contributed by atoms with van der Waals surface area (Å²) < 4.78 is 86.3. The van der Waals surface area contributed by atoms with Crippen molar-refractivity contribution in [3.05, 3.63) is 87.7 Å². The highest BCUT2D eigenvalue weighted by Crippen LogP contribution is 2.65. The van der Waals surface area contributed by atoms with Gasteiger partial charge in [0, 0.05) is 18.2 Å². The zero-order valence-electron chi connectivity index (χ0n) is 22.5. The molecule has 16 heteroatoms. The second kappa shape index (κ2) is 12.3. The van der Waals surface area contributed by atoms with E-state index in [1.54, 1.807) is 0 Å². The average molecular weight is 695 g/mol. The van der Waals surface area contributed by atoms with Crippen molar-refractivity contribution in [3.8, 4) is 0 Å². The van der Waals surface area contributed by atoms with Crippen molar-refractivity contribution in [2.45, 2.75) is 35.4 Å². The molecule has 0 radical (unpaired) electrons. The summed E-state index contributed by atoms with van der Waals surface area (Å²) in [6, 6.07) is 7.59. The first-order valence-electron chi connectivity index (χ1n) is 13.2. The Labute approximate surface area is 266 Å². The highest BCUT2D eigenvalue weighted by molar-refractivity contribution is 6.53. The minimum Gasteiger partial charge on any atom is -0.368 e. The predicted octanol–water partition coefficient (Wildman–Crippen LogP) is 7.67. The number of benzene rings is 3. The number of halogens is 9. The Balaban J connectivity index is 1.31. The average Bonchev–Trinajstić information content (AvgIpc) is 3.27. The molecule has 3 atom stereocenters. The van der Waals surface area contributed by atoms with Crippen molar-refractivity contribution in [2.24, 2.45) is 5.92 Å². The Morgan fingerprint density at radius 1 is 0.889 bits per heavy atom. The molecule has 1 heterocycles. The van der Waals surface area contributed by atoms with Crippen LogP contribution in [0.25, 0.3) is 0 Å². The van der Waals surface area contributed by atoms with E-state index in [-0.39, 0.29) is 21.8 Å². The summed E-state index contributed by atoms with van der Waals surface area (Å²) in [5.41, 5.74) is -3.22. The number of ether oxygens (including phenoxy) is 1. The molecule has 5 rings (SSSR count). The minimum atomic E-state index is -4.99. The molecule has 1 saturated heterocycles. The van der Waals surface area contributed by atoms with Crippen LogP contribution in [0, 0.1) is 23.4 Å². The van der Waals surface area contributed by atoms with Crippen molar-refractivity contribution < 1.29 is 45.5 Å². The molecular formula is C29H20Cl3F6N3O4. The summed E-state index contributed by atoms with van der Waals surface area (Å²) in [7, 11) is 0. The van der Waals surface area contributed by atoms with Crippen LogP contribution in [0.3, 0.4) is 0 Å². The van der Waals surface area contributed by atoms with Gasteiger partial charge < -0.3 is 20.7 Å². The van der Waals surface area contributed by atoms with Crippen LogP contribution in [-0.2, 0) is 20.5 Å². The molecule has 3 amide bonds. The zero-order valence-corrected chi connectivity index (χ0v) is 24.8. The van der Waals surface area contributed by atoms with Gasteiger partial charge in [-0.05, 0) is 60.9 Å². The van der Waals surface area contributed by atoms with Gasteiger partial charge in [-0.15, -0.1) is 23.2 Å². The van der Waals surface area contributed by atoms with Gasteiger partial charge in [0.05, 0.1) is 27.8 Å². The fourth-order valence-corrected chi connectivity index (χ4v) is 5.99. The second-order valence-corrected chi connectivity index (χ2v) is 12.1. The van der Waals surface area contributed by atoms with Crippen molar-refractivity contribution in [1.29, 1.82) is 0 Å². The third-order valence-corrected chi connectivity index (χ3v) is 8.55. The number of amides is 3. The van der Waals surface area contributed by atoms with Gasteiger partial charge in [-0.2, -0.15) is 13.2 Å². The van der Waals surface area contributed by atoms with E-state index >= 15 is 4.39 Å². The molecule has 3 aromatic rings. The summed E-state index contributed by atoms with van der Waals surface area (Å²) in [5, 5.41) is 6.69. The van der Waals surface area contributed by atoms with E-state index in [1.807, 2.05) is 0 Å². The molecular weight excluding hydrogens is 675 g/mol. The van der Waals surface area contributed by atoms with Gasteiger partial charge in [-0.1, -0.05) is 17.7 Å². The van der Waals surface area contributed by atoms with Crippen LogP contribution in [0.15, 0.2) is 48.5 Å². The van der Waals surface area contributed by atoms with Crippen molar-refractivity contribution in [1.82, 2.24) is 0 Å². The molecule has 0 spiro atoms. The van der Waals surface area contributed by atoms with Crippen molar-refractivity contribution in [3.63, 3.8) is 0 Å². The summed E-state index contributed by atoms with van der Waals surface area (Å²) in [4.78, 5) is 38.4. The first-order chi connectivity index (χ1) is 21.1. The van der Waals surface area contributed by atoms with Crippen LogP contribution in [0.5, 0.6) is 0 Å². The molecule has 3 N–H and O–H groups in total. The summed E-state index contributed by atoms with van der Waals surface area (Å²) >= 11 is 18.6. The maximum Gasteiger partial charge on any atom is 0.419 e. The number of carbonyl (C=O) groups is 3. The minimum absolute atomic E-state index is 0.0106. The summed E-state index contributed by atoms with van der Waals surface area (Å²) in [6.07, 6.45) is -4.89. The summed E-state index contributed by atoms with van der Waals surface area (Å²) in [5.74, 6) is -8.80. The van der Waals surface area contributed by atoms with E-state index in [1.165, 1.54) is 12.1 Å². The number of hydrogen-bond acceptors (Lipinski definition) is 4. The van der Waals surface area contributed by atoms with Crippen LogP contribution < -0.4 is 16.0 Å². The van der Waals surface area contributed by atoms with Gasteiger partial charge in [0.2, 0.25) is 5.91 Å². The second-order valence-electron chi connectivity index (χ2n) is 10.3. The lowest BCUT2D eigenvalue weighted by molar-refractivity contribution is -0.140. The summed E-state index contributed by atoms with van der Waals surface area (Å²) in [6.45, 7) is 0.330. The Morgan fingerprint density at radius 3 is 2.27 bits per heavy atom. The van der Waals surface area contributed by atoms with Crippen molar-refractivity contribution in [2.75, 3.05) is 22.6 Å². The molecule has 238 valence electrons. The topological polar surface area (TPSA) is 96.5 Å². The van der Waals surface area contributed by atoms with Crippen LogP contribution in [0.1, 0.15) is 40.2 Å². The van der Waals surface area contributed by atoms with Gasteiger partial charge in [0.1, 0.15) is 27.8 Å². The number of hydrogen-bond donors (Lipinski definition) is 3. The van der Waals surface area contributed by atoms with E-state index in [2.05, 4.69) is 16.0 Å². The van der Waals surface area contributed by atoms with E-state index in [0.29, 0.717) is 31.6 Å². The Bertz CT molecular complexity index is 1700. The van der Waals surface area contributed by atoms with Gasteiger partial charge in [-0.3, -0.25) is 14.4 Å². The third-order valence-electron chi connectivity index (χ3n) is 7.28. The number of carbonyl (C=O) groups excluding carboxylic acids is 3. The molecule has 0 aromatic heterocycles. The Morgan fingerprint density at radius 2 is 1.60 bits per heavy atom. The van der Waals surface area contributed by atoms with E-state index in [9.17, 15) is 36.3 Å². The molecule has 0 bridgehead atoms. The first-order valence-corrected chi connectivity index (χ1v) is 14.3. The molecule has 0 unspecified atom stereocenters. The standard InChI is InChI=1S/C29H20Cl3F6N3O4/c30-16-5-4-13(39-27(44)22-21(28(22,31)32)12-3-6-17(33)15(10-12)29(36,37)38)11-14(16)25(42)40-19-8-7-18(34)24(23(19)35)41-26(43)20-2-1-9-45-20/h3-8,10-11,20-22H,1-2,9H2,(H,39,44)(H,40,42)(H,41,43)/t20-,21-,22+/m0/s1. The lowest BCUT2D eigenvalue weighted by atomic mass is 10.0. The van der Waals surface area contributed by atoms with Gasteiger partial charge in [-0.25, -0.2) is 13.2 Å². The molecule has 1 aliphatic carbocycles. The number of nitrogens with one attached hydrogen (secondary N) is 3. The van der Waals surface area contributed by atoms with Gasteiger partial charge in [0.25, 0.3) is 11.8 Å². The van der Waals surface area contributed by atoms with E-state index < -0.39 is 80.6 Å². The Hall–Kier alpha value is -3.52.